The van der Waals surface area contributed by atoms with Gasteiger partial charge in [-0.3, -0.25) is 15.1 Å². The van der Waals surface area contributed by atoms with Crippen LogP contribution in [0.25, 0.3) is 0 Å². The number of amides is 2. The second-order valence-electron chi connectivity index (χ2n) is 5.17. The van der Waals surface area contributed by atoms with Gasteiger partial charge in [0.1, 0.15) is 0 Å². The Balaban J connectivity index is 1.71. The highest BCUT2D eigenvalue weighted by Gasteiger charge is 2.10. The van der Waals surface area contributed by atoms with E-state index in [1.165, 1.54) is 23.9 Å². The monoisotopic (exact) mass is 366 g/mol. The molecule has 130 valence electrons. The summed E-state index contributed by atoms with van der Waals surface area (Å²) in [6.45, 7) is 0. The molecule has 2 N–H and O–H groups in total. The fraction of sp³-hybridized carbons (Fsp3) is 0. The second kappa shape index (κ2) is 8.13. The number of pyridine rings is 1. The molecule has 0 fully saturated rings. The van der Waals surface area contributed by atoms with Crippen molar-refractivity contribution in [2.75, 3.05) is 10.6 Å². The van der Waals surface area contributed by atoms with Crippen LogP contribution >= 0.6 is 11.8 Å². The minimum atomic E-state index is -0.438. The largest absolute Gasteiger partial charge is 0.323 e. The Hall–Kier alpha value is -3.39. The Morgan fingerprint density at radius 1 is 1.00 bits per heavy atom. The van der Waals surface area contributed by atoms with Crippen LogP contribution in [0, 0.1) is 10.1 Å². The van der Waals surface area contributed by atoms with E-state index in [9.17, 15) is 14.9 Å². The summed E-state index contributed by atoms with van der Waals surface area (Å²) in [4.78, 5) is 28.1. The number of benzene rings is 2. The molecule has 26 heavy (non-hydrogen) atoms. The lowest BCUT2D eigenvalue weighted by molar-refractivity contribution is -0.384. The second-order valence-corrected chi connectivity index (χ2v) is 6.29. The zero-order chi connectivity index (χ0) is 18.4. The first-order valence-corrected chi connectivity index (χ1v) is 8.43. The Labute approximate surface area is 153 Å². The average Bonchev–Trinajstić information content (AvgIpc) is 2.64. The Morgan fingerprint density at radius 3 is 2.46 bits per heavy atom. The first-order chi connectivity index (χ1) is 12.6. The molecule has 0 saturated heterocycles. The quantitative estimate of drug-likeness (QED) is 0.500. The molecule has 2 amide bonds. The van der Waals surface area contributed by atoms with E-state index in [0.29, 0.717) is 11.4 Å². The first-order valence-electron chi connectivity index (χ1n) is 7.61. The lowest BCUT2D eigenvalue weighted by Gasteiger charge is -2.11. The standard InChI is InChI=1S/C18H14N4O3S/c23-18(20-13-4-3-11-19-12-13)21-16-5-1-2-6-17(16)26-15-9-7-14(8-10-15)22(24)25/h1-12H,(H2,20,21,23). The van der Waals surface area contributed by atoms with Gasteiger partial charge in [-0.15, -0.1) is 0 Å². The molecule has 0 saturated carbocycles. The summed E-state index contributed by atoms with van der Waals surface area (Å²) in [5.41, 5.74) is 1.26. The Bertz CT molecular complexity index is 917. The van der Waals surface area contributed by atoms with Gasteiger partial charge < -0.3 is 10.6 Å². The van der Waals surface area contributed by atoms with E-state index < -0.39 is 4.92 Å². The van der Waals surface area contributed by atoms with Gasteiger partial charge in [0.25, 0.3) is 5.69 Å². The highest BCUT2D eigenvalue weighted by molar-refractivity contribution is 7.99. The summed E-state index contributed by atoms with van der Waals surface area (Å²) >= 11 is 1.41. The van der Waals surface area contributed by atoms with Crippen molar-refractivity contribution in [2.45, 2.75) is 9.79 Å². The van der Waals surface area contributed by atoms with Crippen molar-refractivity contribution in [3.8, 4) is 0 Å². The van der Waals surface area contributed by atoms with Gasteiger partial charge in [0.05, 0.1) is 22.5 Å². The molecule has 3 rings (SSSR count). The van der Waals surface area contributed by atoms with Crippen LogP contribution in [0.3, 0.4) is 0 Å². The fourth-order valence-electron chi connectivity index (χ4n) is 2.14. The maximum atomic E-state index is 12.2. The van der Waals surface area contributed by atoms with Gasteiger partial charge in [0, 0.05) is 28.1 Å². The van der Waals surface area contributed by atoms with Crippen LogP contribution in [0.1, 0.15) is 0 Å². The van der Waals surface area contributed by atoms with E-state index in [2.05, 4.69) is 15.6 Å². The normalized spacial score (nSPS) is 10.2. The maximum Gasteiger partial charge on any atom is 0.323 e. The van der Waals surface area contributed by atoms with Crippen LogP contribution in [0.15, 0.2) is 82.8 Å². The van der Waals surface area contributed by atoms with Gasteiger partial charge in [-0.05, 0) is 36.4 Å². The molecule has 0 bridgehead atoms. The molecule has 1 aromatic heterocycles. The van der Waals surface area contributed by atoms with Crippen LogP contribution in [0.5, 0.6) is 0 Å². The molecule has 0 atom stereocenters. The summed E-state index contributed by atoms with van der Waals surface area (Å²) in [5, 5.41) is 16.2. The van der Waals surface area contributed by atoms with Crippen molar-refractivity contribution in [2.24, 2.45) is 0 Å². The van der Waals surface area contributed by atoms with Crippen LogP contribution in [0.4, 0.5) is 21.9 Å². The SMILES string of the molecule is O=C(Nc1cccnc1)Nc1ccccc1Sc1ccc([N+](=O)[O-])cc1. The van der Waals surface area contributed by atoms with Crippen molar-refractivity contribution in [1.29, 1.82) is 0 Å². The molecule has 3 aromatic rings. The smallest absolute Gasteiger partial charge is 0.307 e. The molecule has 2 aromatic carbocycles. The van der Waals surface area contributed by atoms with E-state index in [1.54, 1.807) is 42.7 Å². The van der Waals surface area contributed by atoms with Gasteiger partial charge in [-0.25, -0.2) is 4.79 Å². The summed E-state index contributed by atoms with van der Waals surface area (Å²) < 4.78 is 0. The number of hydrogen-bond donors (Lipinski definition) is 2. The van der Waals surface area contributed by atoms with E-state index in [-0.39, 0.29) is 11.7 Å². The zero-order valence-electron chi connectivity index (χ0n) is 13.5. The molecule has 0 aliphatic rings. The van der Waals surface area contributed by atoms with Crippen LogP contribution < -0.4 is 10.6 Å². The number of urea groups is 1. The Kier molecular flexibility index (Phi) is 5.45. The minimum Gasteiger partial charge on any atom is -0.307 e. The van der Waals surface area contributed by atoms with Crippen molar-refractivity contribution in [3.05, 3.63) is 83.2 Å². The molecular weight excluding hydrogens is 352 g/mol. The van der Waals surface area contributed by atoms with Gasteiger partial charge in [-0.1, -0.05) is 23.9 Å². The number of hydrogen-bond acceptors (Lipinski definition) is 5. The summed E-state index contributed by atoms with van der Waals surface area (Å²) in [5.74, 6) is 0. The highest BCUT2D eigenvalue weighted by Crippen LogP contribution is 2.34. The van der Waals surface area contributed by atoms with E-state index in [0.717, 1.165) is 9.79 Å². The topological polar surface area (TPSA) is 97.2 Å². The number of para-hydroxylation sites is 1. The van der Waals surface area contributed by atoms with Gasteiger partial charge in [-0.2, -0.15) is 0 Å². The number of aromatic nitrogens is 1. The fourth-order valence-corrected chi connectivity index (χ4v) is 3.04. The average molecular weight is 366 g/mol. The number of non-ortho nitro benzene ring substituents is 1. The molecule has 1 heterocycles. The van der Waals surface area contributed by atoms with E-state index in [4.69, 9.17) is 0 Å². The van der Waals surface area contributed by atoms with Gasteiger partial charge >= 0.3 is 6.03 Å². The van der Waals surface area contributed by atoms with Crippen molar-refractivity contribution < 1.29 is 9.72 Å². The van der Waals surface area contributed by atoms with E-state index >= 15 is 0 Å². The number of anilines is 2. The predicted octanol–water partition coefficient (Wildman–Crippen LogP) is 4.79. The number of nitro groups is 1. The highest BCUT2D eigenvalue weighted by atomic mass is 32.2. The number of carbonyl (C=O) groups excluding carboxylic acids is 1. The number of nitrogens with one attached hydrogen (secondary N) is 2. The van der Waals surface area contributed by atoms with Crippen LogP contribution in [-0.2, 0) is 0 Å². The molecule has 0 radical (unpaired) electrons. The van der Waals surface area contributed by atoms with Crippen molar-refractivity contribution >= 4 is 34.9 Å². The summed E-state index contributed by atoms with van der Waals surface area (Å²) in [7, 11) is 0. The lowest BCUT2D eigenvalue weighted by Crippen LogP contribution is -2.19. The molecule has 7 nitrogen and oxygen atoms in total. The molecule has 0 spiro atoms. The zero-order valence-corrected chi connectivity index (χ0v) is 14.3. The molecule has 8 heteroatoms. The third-order valence-corrected chi connectivity index (χ3v) is 4.41. The van der Waals surface area contributed by atoms with E-state index in [1.807, 2.05) is 18.2 Å². The molecule has 0 unspecified atom stereocenters. The minimum absolute atomic E-state index is 0.0385. The number of carbonyl (C=O) groups is 1. The lowest BCUT2D eigenvalue weighted by atomic mass is 10.3. The van der Waals surface area contributed by atoms with Crippen LogP contribution in [-0.4, -0.2) is 15.9 Å². The Morgan fingerprint density at radius 2 is 1.77 bits per heavy atom. The number of nitro benzene ring substituents is 1. The van der Waals surface area contributed by atoms with Gasteiger partial charge in [0.2, 0.25) is 0 Å². The molecule has 0 aliphatic carbocycles. The summed E-state index contributed by atoms with van der Waals surface area (Å²) in [6, 6.07) is 16.7. The maximum absolute atomic E-state index is 12.2. The summed E-state index contributed by atoms with van der Waals surface area (Å²) in [6.07, 6.45) is 3.18. The number of nitrogens with zero attached hydrogens (tertiary/aromatic N) is 2. The predicted molar refractivity (Wildman–Crippen MR) is 101 cm³/mol. The number of rotatable bonds is 5. The van der Waals surface area contributed by atoms with Crippen LogP contribution in [0.2, 0.25) is 0 Å². The van der Waals surface area contributed by atoms with Gasteiger partial charge in [0.15, 0.2) is 0 Å². The molecular formula is C18H14N4O3S. The van der Waals surface area contributed by atoms with Crippen molar-refractivity contribution in [1.82, 2.24) is 4.98 Å². The third kappa shape index (κ3) is 4.58. The first kappa shape index (κ1) is 17.4. The van der Waals surface area contributed by atoms with Crippen molar-refractivity contribution in [3.63, 3.8) is 0 Å². The molecule has 0 aliphatic heterocycles. The third-order valence-electron chi connectivity index (χ3n) is 3.33.